The van der Waals surface area contributed by atoms with Crippen LogP contribution in [0, 0.1) is 0 Å². The summed E-state index contributed by atoms with van der Waals surface area (Å²) in [5.41, 5.74) is 11.1. The number of rotatable bonds is 16. The second-order valence-corrected chi connectivity index (χ2v) is 18.8. The maximum atomic E-state index is 12.3. The molecule has 0 radical (unpaired) electrons. The highest BCUT2D eigenvalue weighted by atomic mass is 32.1. The van der Waals surface area contributed by atoms with Crippen LogP contribution in [0.2, 0.25) is 0 Å². The first kappa shape index (κ1) is 43.4. The molecule has 0 saturated heterocycles. The molecule has 7 aromatic carbocycles. The molecule has 0 N–H and O–H groups in total. The van der Waals surface area contributed by atoms with Gasteiger partial charge in [0.05, 0.1) is 43.9 Å². The van der Waals surface area contributed by atoms with Gasteiger partial charge in [0, 0.05) is 35.1 Å². The number of carbonyl (C=O) groups is 1. The molecule has 0 fully saturated rings. The average Bonchev–Trinajstić information content (AvgIpc) is 4.11. The molecule has 0 aliphatic carbocycles. The number of anilines is 3. The maximum Gasteiger partial charge on any atom is 0.305 e. The van der Waals surface area contributed by atoms with E-state index >= 15 is 0 Å². The van der Waals surface area contributed by atoms with E-state index in [2.05, 4.69) is 151 Å². The van der Waals surface area contributed by atoms with Crippen molar-refractivity contribution in [2.75, 3.05) is 18.1 Å². The number of para-hydroxylation sites is 3. The van der Waals surface area contributed by atoms with Crippen LogP contribution < -0.4 is 9.64 Å². The minimum atomic E-state index is -0.225. The number of fused-ring (bicyclic) bond motifs is 3. The molecule has 0 aliphatic heterocycles. The van der Waals surface area contributed by atoms with Crippen LogP contribution >= 0.6 is 34.0 Å². The zero-order valence-corrected chi connectivity index (χ0v) is 39.1. The number of esters is 1. The second-order valence-electron chi connectivity index (χ2n) is 15.6. The van der Waals surface area contributed by atoms with Gasteiger partial charge in [-0.05, 0) is 127 Å². The molecule has 10 aromatic rings. The Kier molecular flexibility index (Phi) is 13.2. The van der Waals surface area contributed by atoms with Crippen LogP contribution in [0.25, 0.3) is 78.2 Å². The summed E-state index contributed by atoms with van der Waals surface area (Å²) in [5.74, 6) is 0.493. The molecule has 0 amide bonds. The summed E-state index contributed by atoms with van der Waals surface area (Å²) >= 11 is 5.05. The fourth-order valence-electron chi connectivity index (χ4n) is 7.72. The molecule has 7 nitrogen and oxygen atoms in total. The third-order valence-electron chi connectivity index (χ3n) is 11.0. The zero-order chi connectivity index (χ0) is 45.4. The van der Waals surface area contributed by atoms with Gasteiger partial charge in [-0.3, -0.25) is 4.79 Å². The monoisotopic (exact) mass is 928 g/mol. The highest BCUT2D eigenvalue weighted by molar-refractivity contribution is 7.20. The minimum absolute atomic E-state index is 0.225. The number of hydrogen-bond acceptors (Lipinski definition) is 10. The summed E-state index contributed by atoms with van der Waals surface area (Å²) in [4.78, 5) is 28.8. The predicted octanol–water partition coefficient (Wildman–Crippen LogP) is 15.9. The highest BCUT2D eigenvalue weighted by Crippen LogP contribution is 2.41. The molecule has 3 heterocycles. The summed E-state index contributed by atoms with van der Waals surface area (Å²) in [5, 5.41) is 2.90. The quantitative estimate of drug-likeness (QED) is 0.0705. The topological polar surface area (TPSA) is 77.4 Å². The number of aromatic nitrogens is 3. The normalized spacial score (nSPS) is 11.8. The van der Waals surface area contributed by atoms with E-state index in [4.69, 9.17) is 24.4 Å². The lowest BCUT2D eigenvalue weighted by Gasteiger charge is -2.27. The maximum absolute atomic E-state index is 12.3. The molecule has 0 bridgehead atoms. The summed E-state index contributed by atoms with van der Waals surface area (Å²) < 4.78 is 15.3. The lowest BCUT2D eigenvalue weighted by molar-refractivity contribution is -0.143. The van der Waals surface area contributed by atoms with Crippen LogP contribution in [0.4, 0.5) is 17.1 Å². The molecule has 67 heavy (non-hydrogen) atoms. The van der Waals surface area contributed by atoms with Gasteiger partial charge < -0.3 is 14.4 Å². The number of ether oxygens (including phenoxy) is 2. The van der Waals surface area contributed by atoms with Gasteiger partial charge in [-0.15, -0.1) is 34.0 Å². The van der Waals surface area contributed by atoms with Gasteiger partial charge in [0.15, 0.2) is 0 Å². The molecule has 0 spiro atoms. The van der Waals surface area contributed by atoms with Crippen LogP contribution in [-0.4, -0.2) is 34.1 Å². The number of carbonyl (C=O) groups excluding carboxylic acids is 1. The largest absolute Gasteiger partial charge is 0.493 e. The Morgan fingerprint density at radius 3 is 1.40 bits per heavy atom. The molecule has 0 aliphatic rings. The lowest BCUT2D eigenvalue weighted by Crippen LogP contribution is -2.11. The molecule has 3 aromatic heterocycles. The van der Waals surface area contributed by atoms with Gasteiger partial charge in [0.1, 0.15) is 20.8 Å². The van der Waals surface area contributed by atoms with Crippen molar-refractivity contribution in [1.29, 1.82) is 0 Å². The van der Waals surface area contributed by atoms with Crippen LogP contribution in [0.3, 0.4) is 0 Å². The Morgan fingerprint density at radius 1 is 0.522 bits per heavy atom. The van der Waals surface area contributed by atoms with E-state index in [1.54, 1.807) is 34.0 Å². The van der Waals surface area contributed by atoms with Gasteiger partial charge in [-0.2, -0.15) is 0 Å². The van der Waals surface area contributed by atoms with Crippen molar-refractivity contribution in [2.24, 2.45) is 0 Å². The van der Waals surface area contributed by atoms with Gasteiger partial charge in [0.25, 0.3) is 0 Å². The standard InChI is InChI=1S/C57H44N4O3S3/c1-2-63-57(62)16-9-37-64-50-38-45(32-33-46(50)42-26-17-39(18-27-42)23-34-54-58-47-10-3-6-13-51(47)65-54)61(43-28-19-40(20-29-43)24-35-55-59-48-11-4-7-14-52(48)66-55)44-30-21-41(22-31-44)25-36-56-60-49-12-5-8-15-53(49)67-56/h3-8,10-15,17-36,38H,2,9,16,37H2,1H3/b34-23+,35-24+,36-25+. The molecular weight excluding hydrogens is 885 g/mol. The first-order valence-corrected chi connectivity index (χ1v) is 24.6. The van der Waals surface area contributed by atoms with E-state index in [-0.39, 0.29) is 12.4 Å². The van der Waals surface area contributed by atoms with Crippen molar-refractivity contribution < 1.29 is 14.3 Å². The van der Waals surface area contributed by atoms with Gasteiger partial charge in [-0.1, -0.05) is 103 Å². The molecule has 0 saturated carbocycles. The second kappa shape index (κ2) is 20.3. The van der Waals surface area contributed by atoms with E-state index in [0.717, 1.165) is 82.2 Å². The number of benzene rings is 7. The summed E-state index contributed by atoms with van der Waals surface area (Å²) in [6.07, 6.45) is 13.3. The van der Waals surface area contributed by atoms with Crippen molar-refractivity contribution in [3.8, 4) is 16.9 Å². The Balaban J connectivity index is 0.965. The lowest BCUT2D eigenvalue weighted by atomic mass is 10.0. The van der Waals surface area contributed by atoms with Crippen molar-refractivity contribution in [3.05, 3.63) is 196 Å². The molecular formula is C57H44N4O3S3. The third-order valence-corrected chi connectivity index (χ3v) is 14.0. The Morgan fingerprint density at radius 2 is 0.955 bits per heavy atom. The average molecular weight is 929 g/mol. The SMILES string of the molecule is CCOC(=O)CCCOc1cc(N(c2ccc(/C=C/c3nc4ccccc4s3)cc2)c2ccc(/C=C/c3nc4ccccc4s3)cc2)ccc1-c1ccc(/C=C/c2nc3ccccc3s2)cc1. The molecule has 328 valence electrons. The molecule has 0 atom stereocenters. The number of thiazole rings is 3. The van der Waals surface area contributed by atoms with Crippen molar-refractivity contribution >= 4 is 124 Å². The molecule has 10 heteroatoms. The van der Waals surface area contributed by atoms with E-state index in [0.29, 0.717) is 19.6 Å². The van der Waals surface area contributed by atoms with Crippen molar-refractivity contribution in [1.82, 2.24) is 15.0 Å². The Hall–Kier alpha value is -7.50. The van der Waals surface area contributed by atoms with Gasteiger partial charge >= 0.3 is 5.97 Å². The molecule has 10 rings (SSSR count). The van der Waals surface area contributed by atoms with Crippen molar-refractivity contribution in [3.63, 3.8) is 0 Å². The van der Waals surface area contributed by atoms with Crippen LogP contribution in [0.5, 0.6) is 5.75 Å². The number of hydrogen-bond donors (Lipinski definition) is 0. The molecule has 0 unspecified atom stereocenters. The Labute approximate surface area is 401 Å². The highest BCUT2D eigenvalue weighted by Gasteiger charge is 2.17. The van der Waals surface area contributed by atoms with E-state index in [9.17, 15) is 4.79 Å². The van der Waals surface area contributed by atoms with E-state index in [1.165, 1.54) is 14.1 Å². The first-order chi connectivity index (χ1) is 33.0. The third kappa shape index (κ3) is 10.5. The Bertz CT molecular complexity index is 3180. The van der Waals surface area contributed by atoms with E-state index < -0.39 is 0 Å². The van der Waals surface area contributed by atoms with Crippen LogP contribution in [-0.2, 0) is 9.53 Å². The smallest absolute Gasteiger partial charge is 0.305 e. The zero-order valence-electron chi connectivity index (χ0n) is 36.6. The van der Waals surface area contributed by atoms with Crippen molar-refractivity contribution in [2.45, 2.75) is 19.8 Å². The van der Waals surface area contributed by atoms with Gasteiger partial charge in [0.2, 0.25) is 0 Å². The van der Waals surface area contributed by atoms with E-state index in [1.807, 2.05) is 61.5 Å². The number of nitrogens with zero attached hydrogens (tertiary/aromatic N) is 4. The fraction of sp³-hybridized carbons (Fsp3) is 0.0877. The summed E-state index contributed by atoms with van der Waals surface area (Å²) in [6.45, 7) is 2.53. The predicted molar refractivity (Wildman–Crippen MR) is 284 cm³/mol. The minimum Gasteiger partial charge on any atom is -0.493 e. The van der Waals surface area contributed by atoms with Crippen LogP contribution in [0.1, 0.15) is 51.5 Å². The summed E-state index contributed by atoms with van der Waals surface area (Å²) in [7, 11) is 0. The van der Waals surface area contributed by atoms with Gasteiger partial charge in [-0.25, -0.2) is 15.0 Å². The summed E-state index contributed by atoms with van der Waals surface area (Å²) in [6, 6.07) is 56.6. The van der Waals surface area contributed by atoms with Crippen LogP contribution in [0.15, 0.2) is 164 Å². The first-order valence-electron chi connectivity index (χ1n) is 22.2. The fourth-order valence-corrected chi connectivity index (χ4v) is 10.3.